The molecule has 2 rings (SSSR count). The van der Waals surface area contributed by atoms with Crippen molar-refractivity contribution in [1.29, 1.82) is 0 Å². The van der Waals surface area contributed by atoms with Crippen LogP contribution in [0.1, 0.15) is 38.8 Å². The van der Waals surface area contributed by atoms with Gasteiger partial charge >= 0.3 is 0 Å². The smallest absolute Gasteiger partial charge is 0.131 e. The lowest BCUT2D eigenvalue weighted by Gasteiger charge is -2.06. The van der Waals surface area contributed by atoms with Gasteiger partial charge in [-0.3, -0.25) is 0 Å². The van der Waals surface area contributed by atoms with Crippen LogP contribution >= 0.6 is 0 Å². The van der Waals surface area contributed by atoms with Crippen LogP contribution in [0.25, 0.3) is 11.1 Å². The Morgan fingerprint density at radius 1 is 0.700 bits per heavy atom. The topological polar surface area (TPSA) is 0 Å². The van der Waals surface area contributed by atoms with Gasteiger partial charge in [0.2, 0.25) is 0 Å². The third-order valence-electron chi connectivity index (χ3n) is 2.75. The molecule has 2 aromatic carbocycles. The van der Waals surface area contributed by atoms with E-state index in [9.17, 15) is 8.78 Å². The largest absolute Gasteiger partial charge is 0.207 e. The highest BCUT2D eigenvalue weighted by Crippen LogP contribution is 2.25. The van der Waals surface area contributed by atoms with Gasteiger partial charge in [-0.2, -0.15) is 0 Å². The van der Waals surface area contributed by atoms with E-state index in [0.29, 0.717) is 11.1 Å². The summed E-state index contributed by atoms with van der Waals surface area (Å²) in [4.78, 5) is 0. The van der Waals surface area contributed by atoms with Crippen LogP contribution in [0.3, 0.4) is 0 Å². The summed E-state index contributed by atoms with van der Waals surface area (Å²) in [7, 11) is 0. The minimum Gasteiger partial charge on any atom is -0.207 e. The van der Waals surface area contributed by atoms with E-state index >= 15 is 0 Å². The second-order valence-electron chi connectivity index (χ2n) is 3.92. The van der Waals surface area contributed by atoms with Gasteiger partial charge in [0.05, 0.1) is 0 Å². The molecule has 0 atom stereocenters. The first-order valence-electron chi connectivity index (χ1n) is 7.10. The van der Waals surface area contributed by atoms with Gasteiger partial charge in [-0.15, -0.1) is 0 Å². The minimum absolute atomic E-state index is 0.308. The number of rotatable bonds is 1. The Kier molecular flexibility index (Phi) is 8.46. The van der Waals surface area contributed by atoms with E-state index in [1.807, 2.05) is 53.7 Å². The molecular weight excluding hydrogens is 254 g/mol. The minimum atomic E-state index is -0.422. The van der Waals surface area contributed by atoms with Crippen molar-refractivity contribution in [3.8, 4) is 11.1 Å². The van der Waals surface area contributed by atoms with Crippen LogP contribution in [0.4, 0.5) is 8.78 Å². The quantitative estimate of drug-likeness (QED) is 0.574. The number of halogens is 2. The molecule has 2 aromatic rings. The Hall–Kier alpha value is -1.70. The second kappa shape index (κ2) is 9.24. The fourth-order valence-corrected chi connectivity index (χ4v) is 1.63. The zero-order chi connectivity index (χ0) is 15.7. The first kappa shape index (κ1) is 18.3. The molecule has 0 spiro atoms. The Labute approximate surface area is 121 Å². The first-order chi connectivity index (χ1) is 9.58. The third kappa shape index (κ3) is 4.76. The molecule has 0 aliphatic rings. The predicted molar refractivity (Wildman–Crippen MR) is 84.0 cm³/mol. The number of hydrogen-bond acceptors (Lipinski definition) is 0. The van der Waals surface area contributed by atoms with Gasteiger partial charge < -0.3 is 0 Å². The van der Waals surface area contributed by atoms with Gasteiger partial charge in [0, 0.05) is 5.56 Å². The molecule has 0 aliphatic carbocycles. The Morgan fingerprint density at radius 2 is 1.30 bits per heavy atom. The van der Waals surface area contributed by atoms with Crippen LogP contribution in [0, 0.1) is 25.5 Å². The molecule has 0 bridgehead atoms. The van der Waals surface area contributed by atoms with Crippen molar-refractivity contribution in [3.05, 3.63) is 59.2 Å². The van der Waals surface area contributed by atoms with E-state index in [0.717, 1.165) is 23.3 Å². The average molecular weight is 278 g/mol. The Morgan fingerprint density at radius 3 is 1.85 bits per heavy atom. The van der Waals surface area contributed by atoms with Gasteiger partial charge in [-0.05, 0) is 48.7 Å². The maximum absolute atomic E-state index is 13.5. The molecule has 0 aliphatic heterocycles. The summed E-state index contributed by atoms with van der Waals surface area (Å²) in [6.07, 6.45) is 0. The van der Waals surface area contributed by atoms with Gasteiger partial charge in [0.15, 0.2) is 0 Å². The molecule has 0 saturated heterocycles. The summed E-state index contributed by atoms with van der Waals surface area (Å²) in [5.74, 6) is -0.820. The van der Waals surface area contributed by atoms with Crippen LogP contribution in [0.5, 0.6) is 0 Å². The molecule has 110 valence electrons. The van der Waals surface area contributed by atoms with E-state index in [-0.39, 0.29) is 0 Å². The lowest BCUT2D eigenvalue weighted by Crippen LogP contribution is -1.88. The molecule has 0 aromatic heterocycles. The molecule has 0 nitrogen and oxygen atoms in total. The lowest BCUT2D eigenvalue weighted by atomic mass is 10.00. The standard InChI is InChI=1S/C14H12F2.2C2H6/c1-9-3-4-11(7-10(9)2)13-8-12(15)5-6-14(13)16;2*1-2/h3-8H,1-2H3;2*1-2H3. The highest BCUT2D eigenvalue weighted by atomic mass is 19.1. The Bertz CT molecular complexity index is 531. The summed E-state index contributed by atoms with van der Waals surface area (Å²) < 4.78 is 26.6. The van der Waals surface area contributed by atoms with Gasteiger partial charge in [-0.25, -0.2) is 8.78 Å². The van der Waals surface area contributed by atoms with Gasteiger partial charge in [0.1, 0.15) is 11.6 Å². The molecule has 20 heavy (non-hydrogen) atoms. The number of aryl methyl sites for hydroxylation is 2. The number of hydrogen-bond donors (Lipinski definition) is 0. The molecule has 0 saturated carbocycles. The first-order valence-corrected chi connectivity index (χ1v) is 7.10. The monoisotopic (exact) mass is 278 g/mol. The van der Waals surface area contributed by atoms with E-state index < -0.39 is 11.6 Å². The molecule has 0 heterocycles. The van der Waals surface area contributed by atoms with E-state index in [4.69, 9.17) is 0 Å². The van der Waals surface area contributed by atoms with Crippen LogP contribution < -0.4 is 0 Å². The van der Waals surface area contributed by atoms with Crippen molar-refractivity contribution < 1.29 is 8.78 Å². The molecule has 0 N–H and O–H groups in total. The van der Waals surface area contributed by atoms with Crippen molar-refractivity contribution in [3.63, 3.8) is 0 Å². The maximum atomic E-state index is 13.5. The summed E-state index contributed by atoms with van der Waals surface area (Å²) >= 11 is 0. The molecular formula is C18H24F2. The SMILES string of the molecule is CC.CC.Cc1ccc(-c2cc(F)ccc2F)cc1C. The van der Waals surface area contributed by atoms with E-state index in [1.165, 1.54) is 6.07 Å². The van der Waals surface area contributed by atoms with Crippen LogP contribution in [-0.2, 0) is 0 Å². The lowest BCUT2D eigenvalue weighted by molar-refractivity contribution is 0.603. The molecule has 0 unspecified atom stereocenters. The molecule has 0 amide bonds. The summed E-state index contributed by atoms with van der Waals surface area (Å²) in [5, 5.41) is 0. The second-order valence-corrected chi connectivity index (χ2v) is 3.92. The molecule has 0 fully saturated rings. The van der Waals surface area contributed by atoms with Crippen molar-refractivity contribution in [1.82, 2.24) is 0 Å². The van der Waals surface area contributed by atoms with E-state index in [2.05, 4.69) is 0 Å². The molecule has 2 heteroatoms. The van der Waals surface area contributed by atoms with Crippen LogP contribution in [-0.4, -0.2) is 0 Å². The highest BCUT2D eigenvalue weighted by Gasteiger charge is 2.07. The zero-order valence-corrected chi connectivity index (χ0v) is 13.2. The highest BCUT2D eigenvalue weighted by molar-refractivity contribution is 5.65. The summed E-state index contributed by atoms with van der Waals surface area (Å²) in [5.41, 5.74) is 3.23. The normalized spacial score (nSPS) is 9.00. The number of benzene rings is 2. The maximum Gasteiger partial charge on any atom is 0.131 e. The predicted octanol–water partition coefficient (Wildman–Crippen LogP) is 6.30. The van der Waals surface area contributed by atoms with Crippen LogP contribution in [0.2, 0.25) is 0 Å². The summed E-state index contributed by atoms with van der Waals surface area (Å²) in [6.45, 7) is 11.9. The van der Waals surface area contributed by atoms with Gasteiger partial charge in [0.25, 0.3) is 0 Å². The van der Waals surface area contributed by atoms with Gasteiger partial charge in [-0.1, -0.05) is 45.9 Å². The van der Waals surface area contributed by atoms with Crippen molar-refractivity contribution in [2.45, 2.75) is 41.5 Å². The fraction of sp³-hybridized carbons (Fsp3) is 0.333. The van der Waals surface area contributed by atoms with E-state index in [1.54, 1.807) is 6.07 Å². The summed E-state index contributed by atoms with van der Waals surface area (Å²) in [6, 6.07) is 9.08. The van der Waals surface area contributed by atoms with Crippen molar-refractivity contribution >= 4 is 0 Å². The van der Waals surface area contributed by atoms with Crippen LogP contribution in [0.15, 0.2) is 36.4 Å². The third-order valence-corrected chi connectivity index (χ3v) is 2.75. The van der Waals surface area contributed by atoms with Crippen molar-refractivity contribution in [2.75, 3.05) is 0 Å². The zero-order valence-electron chi connectivity index (χ0n) is 13.2. The fourth-order valence-electron chi connectivity index (χ4n) is 1.63. The average Bonchev–Trinajstić information content (AvgIpc) is 2.49. The van der Waals surface area contributed by atoms with Crippen molar-refractivity contribution in [2.24, 2.45) is 0 Å². The Balaban J connectivity index is 0.000000829. The molecule has 0 radical (unpaired) electrons.